The number of nitrogens with zero attached hydrogens (tertiary/aromatic N) is 2. The summed E-state index contributed by atoms with van der Waals surface area (Å²) in [5.41, 5.74) is 0.279. The number of carbonyl (C=O) groups excluding carboxylic acids is 1. The second-order valence-electron chi connectivity index (χ2n) is 4.81. The molecule has 0 radical (unpaired) electrons. The Morgan fingerprint density at radius 1 is 1.40 bits per heavy atom. The highest BCUT2D eigenvalue weighted by Crippen LogP contribution is 2.23. The molecule has 1 aromatic carbocycles. The molecule has 1 N–H and O–H groups in total. The van der Waals surface area contributed by atoms with Crippen LogP contribution < -0.4 is 5.32 Å². The van der Waals surface area contributed by atoms with Gasteiger partial charge in [-0.05, 0) is 26.0 Å². The lowest BCUT2D eigenvalue weighted by Crippen LogP contribution is -2.43. The molecular weight excluding hydrogens is 326 g/mol. The van der Waals surface area contributed by atoms with Crippen molar-refractivity contribution < 1.29 is 9.72 Å². The van der Waals surface area contributed by atoms with Gasteiger partial charge >= 0.3 is 0 Å². The van der Waals surface area contributed by atoms with Gasteiger partial charge in [-0.1, -0.05) is 15.9 Å². The molecule has 0 saturated carbocycles. The van der Waals surface area contributed by atoms with E-state index in [1.807, 2.05) is 7.05 Å². The average Bonchev–Trinajstić information content (AvgIpc) is 2.46. The average molecular weight is 342 g/mol. The number of rotatable bonds is 3. The number of nitro groups is 1. The highest BCUT2D eigenvalue weighted by Gasteiger charge is 2.24. The number of nitrogens with one attached hydrogen (secondary N) is 1. The van der Waals surface area contributed by atoms with Crippen LogP contribution in [0.1, 0.15) is 23.2 Å². The summed E-state index contributed by atoms with van der Waals surface area (Å²) in [4.78, 5) is 24.5. The second kappa shape index (κ2) is 6.32. The van der Waals surface area contributed by atoms with Gasteiger partial charge in [0.05, 0.1) is 4.92 Å². The number of hydrogen-bond acceptors (Lipinski definition) is 4. The molecule has 108 valence electrons. The van der Waals surface area contributed by atoms with Crippen molar-refractivity contribution in [3.8, 4) is 0 Å². The van der Waals surface area contributed by atoms with E-state index in [-0.39, 0.29) is 11.6 Å². The highest BCUT2D eigenvalue weighted by molar-refractivity contribution is 9.10. The summed E-state index contributed by atoms with van der Waals surface area (Å²) in [7, 11) is 1.92. The van der Waals surface area contributed by atoms with Crippen LogP contribution in [0.15, 0.2) is 22.7 Å². The molecule has 7 heteroatoms. The van der Waals surface area contributed by atoms with E-state index in [9.17, 15) is 14.9 Å². The van der Waals surface area contributed by atoms with Crippen LogP contribution in [0.25, 0.3) is 0 Å². The molecule has 1 aliphatic rings. The lowest BCUT2D eigenvalue weighted by atomic mass is 10.0. The first-order valence-corrected chi connectivity index (χ1v) is 7.22. The van der Waals surface area contributed by atoms with Crippen molar-refractivity contribution in [2.75, 3.05) is 20.1 Å². The summed E-state index contributed by atoms with van der Waals surface area (Å²) in [6.07, 6.45) is 1.80. The Kier molecular flexibility index (Phi) is 4.72. The first kappa shape index (κ1) is 14.9. The van der Waals surface area contributed by atoms with Crippen LogP contribution in [0.3, 0.4) is 0 Å². The van der Waals surface area contributed by atoms with Gasteiger partial charge in [-0.25, -0.2) is 0 Å². The zero-order chi connectivity index (χ0) is 14.7. The molecule has 0 bridgehead atoms. The standard InChI is InChI=1S/C13H16BrN3O3/c1-15-11-2-4-16(5-3-11)13(18)9-6-10(14)8-12(7-9)17(19)20/h6-8,11,15H,2-5H2,1H3. The van der Waals surface area contributed by atoms with Crippen molar-refractivity contribution in [3.63, 3.8) is 0 Å². The van der Waals surface area contributed by atoms with Gasteiger partial charge < -0.3 is 10.2 Å². The van der Waals surface area contributed by atoms with E-state index in [1.54, 1.807) is 11.0 Å². The molecule has 1 amide bonds. The Labute approximate surface area is 125 Å². The van der Waals surface area contributed by atoms with E-state index < -0.39 is 4.92 Å². The summed E-state index contributed by atoms with van der Waals surface area (Å²) >= 11 is 3.21. The smallest absolute Gasteiger partial charge is 0.271 e. The van der Waals surface area contributed by atoms with Crippen molar-refractivity contribution in [1.82, 2.24) is 10.2 Å². The van der Waals surface area contributed by atoms with Crippen LogP contribution in [0.5, 0.6) is 0 Å². The Balaban J connectivity index is 2.15. The normalized spacial score (nSPS) is 16.2. The Morgan fingerprint density at radius 2 is 2.05 bits per heavy atom. The van der Waals surface area contributed by atoms with Crippen LogP contribution in [-0.4, -0.2) is 41.9 Å². The predicted molar refractivity (Wildman–Crippen MR) is 78.8 cm³/mol. The van der Waals surface area contributed by atoms with Gasteiger partial charge in [-0.2, -0.15) is 0 Å². The van der Waals surface area contributed by atoms with E-state index in [0.29, 0.717) is 29.2 Å². The minimum atomic E-state index is -0.491. The van der Waals surface area contributed by atoms with Crippen molar-refractivity contribution in [3.05, 3.63) is 38.3 Å². The zero-order valence-corrected chi connectivity index (χ0v) is 12.7. The number of benzene rings is 1. The SMILES string of the molecule is CNC1CCN(C(=O)c2cc(Br)cc([N+](=O)[O-])c2)CC1. The summed E-state index contributed by atoms with van der Waals surface area (Å²) in [6, 6.07) is 4.79. The molecule has 6 nitrogen and oxygen atoms in total. The lowest BCUT2D eigenvalue weighted by Gasteiger charge is -2.31. The number of non-ortho nitro benzene ring substituents is 1. The van der Waals surface area contributed by atoms with Gasteiger partial charge in [0.25, 0.3) is 11.6 Å². The number of piperidine rings is 1. The third-order valence-electron chi connectivity index (χ3n) is 3.53. The minimum Gasteiger partial charge on any atom is -0.339 e. The number of amides is 1. The fraction of sp³-hybridized carbons (Fsp3) is 0.462. The number of hydrogen-bond donors (Lipinski definition) is 1. The molecule has 0 aliphatic carbocycles. The van der Waals surface area contributed by atoms with Gasteiger partial charge in [0.1, 0.15) is 0 Å². The fourth-order valence-electron chi connectivity index (χ4n) is 2.36. The maximum absolute atomic E-state index is 12.4. The van der Waals surface area contributed by atoms with Crippen molar-refractivity contribution in [2.24, 2.45) is 0 Å². The molecule has 1 saturated heterocycles. The number of nitro benzene ring substituents is 1. The lowest BCUT2D eigenvalue weighted by molar-refractivity contribution is -0.385. The summed E-state index contributed by atoms with van der Waals surface area (Å²) in [5, 5.41) is 14.0. The molecule has 1 aromatic rings. The maximum Gasteiger partial charge on any atom is 0.271 e. The predicted octanol–water partition coefficient (Wildman–Crippen LogP) is 2.18. The third kappa shape index (κ3) is 3.34. The maximum atomic E-state index is 12.4. The zero-order valence-electron chi connectivity index (χ0n) is 11.1. The monoisotopic (exact) mass is 341 g/mol. The second-order valence-corrected chi connectivity index (χ2v) is 5.73. The van der Waals surface area contributed by atoms with Gasteiger partial charge in [0.15, 0.2) is 0 Å². The summed E-state index contributed by atoms with van der Waals surface area (Å²) in [5.74, 6) is -0.149. The molecular formula is C13H16BrN3O3. The van der Waals surface area contributed by atoms with Crippen LogP contribution in [0.2, 0.25) is 0 Å². The molecule has 1 fully saturated rings. The van der Waals surface area contributed by atoms with E-state index >= 15 is 0 Å². The van der Waals surface area contributed by atoms with Crippen LogP contribution in [0, 0.1) is 10.1 Å². The quantitative estimate of drug-likeness (QED) is 0.675. The van der Waals surface area contributed by atoms with E-state index in [1.165, 1.54) is 12.1 Å². The van der Waals surface area contributed by atoms with Crippen LogP contribution in [-0.2, 0) is 0 Å². The van der Waals surface area contributed by atoms with Crippen molar-refractivity contribution in [2.45, 2.75) is 18.9 Å². The van der Waals surface area contributed by atoms with E-state index in [2.05, 4.69) is 21.2 Å². The number of carbonyl (C=O) groups is 1. The molecule has 0 aromatic heterocycles. The molecule has 20 heavy (non-hydrogen) atoms. The topological polar surface area (TPSA) is 75.5 Å². The van der Waals surface area contributed by atoms with Crippen molar-refractivity contribution >= 4 is 27.5 Å². The highest BCUT2D eigenvalue weighted by atomic mass is 79.9. The van der Waals surface area contributed by atoms with Gasteiger partial charge in [-0.15, -0.1) is 0 Å². The van der Waals surface area contributed by atoms with E-state index in [0.717, 1.165) is 12.8 Å². The van der Waals surface area contributed by atoms with Gasteiger partial charge in [0, 0.05) is 41.3 Å². The molecule has 1 aliphatic heterocycles. The first-order valence-electron chi connectivity index (χ1n) is 6.43. The Morgan fingerprint density at radius 3 is 2.60 bits per heavy atom. The summed E-state index contributed by atoms with van der Waals surface area (Å²) in [6.45, 7) is 1.34. The van der Waals surface area contributed by atoms with Crippen LogP contribution >= 0.6 is 15.9 Å². The first-order chi connectivity index (χ1) is 9.51. The molecule has 0 atom stereocenters. The Bertz CT molecular complexity index is 528. The fourth-order valence-corrected chi connectivity index (χ4v) is 2.84. The molecule has 0 spiro atoms. The largest absolute Gasteiger partial charge is 0.339 e. The molecule has 2 rings (SSSR count). The van der Waals surface area contributed by atoms with Gasteiger partial charge in [-0.3, -0.25) is 14.9 Å². The van der Waals surface area contributed by atoms with Crippen LogP contribution in [0.4, 0.5) is 5.69 Å². The number of halogens is 1. The molecule has 0 unspecified atom stereocenters. The Hall–Kier alpha value is -1.47. The molecule has 1 heterocycles. The van der Waals surface area contributed by atoms with Crippen molar-refractivity contribution in [1.29, 1.82) is 0 Å². The van der Waals surface area contributed by atoms with Gasteiger partial charge in [0.2, 0.25) is 0 Å². The summed E-state index contributed by atoms with van der Waals surface area (Å²) < 4.78 is 0.542. The number of likely N-dealkylation sites (tertiary alicyclic amines) is 1. The third-order valence-corrected chi connectivity index (χ3v) is 3.99. The van der Waals surface area contributed by atoms with E-state index in [4.69, 9.17) is 0 Å². The minimum absolute atomic E-state index is 0.0761.